The van der Waals surface area contributed by atoms with Gasteiger partial charge in [-0.2, -0.15) is 0 Å². The SMILES string of the molecule is Cc1ncc(CSCO)c(CO)c1O.Cl. The number of hydrogen-bond acceptors (Lipinski definition) is 5. The van der Waals surface area contributed by atoms with Gasteiger partial charge in [0.25, 0.3) is 0 Å². The van der Waals surface area contributed by atoms with Crippen molar-refractivity contribution in [1.82, 2.24) is 4.98 Å². The van der Waals surface area contributed by atoms with E-state index in [2.05, 4.69) is 4.98 Å². The van der Waals surface area contributed by atoms with Crippen LogP contribution in [0.2, 0.25) is 0 Å². The molecule has 0 aliphatic carbocycles. The Bertz CT molecular complexity index is 322. The summed E-state index contributed by atoms with van der Waals surface area (Å²) in [6, 6.07) is 0. The summed E-state index contributed by atoms with van der Waals surface area (Å²) in [4.78, 5) is 3.98. The van der Waals surface area contributed by atoms with Gasteiger partial charge in [0.05, 0.1) is 18.2 Å². The Hall–Kier alpha value is -0.490. The molecule has 0 radical (unpaired) electrons. The molecule has 1 aromatic heterocycles. The first kappa shape index (κ1) is 14.5. The molecule has 0 fully saturated rings. The maximum absolute atomic E-state index is 9.58. The molecule has 1 rings (SSSR count). The molecule has 1 aromatic rings. The summed E-state index contributed by atoms with van der Waals surface area (Å²) < 4.78 is 0. The summed E-state index contributed by atoms with van der Waals surface area (Å²) >= 11 is 1.30. The van der Waals surface area contributed by atoms with Gasteiger partial charge in [-0.05, 0) is 12.5 Å². The van der Waals surface area contributed by atoms with E-state index >= 15 is 0 Å². The first-order chi connectivity index (χ1) is 6.70. The third kappa shape index (κ3) is 3.53. The Morgan fingerprint density at radius 1 is 1.40 bits per heavy atom. The van der Waals surface area contributed by atoms with E-state index in [1.165, 1.54) is 11.8 Å². The lowest BCUT2D eigenvalue weighted by molar-refractivity contribution is 0.274. The molecule has 15 heavy (non-hydrogen) atoms. The van der Waals surface area contributed by atoms with Gasteiger partial charge in [0.2, 0.25) is 0 Å². The highest BCUT2D eigenvalue weighted by Crippen LogP contribution is 2.26. The van der Waals surface area contributed by atoms with Gasteiger partial charge in [-0.3, -0.25) is 4.98 Å². The van der Waals surface area contributed by atoms with Crippen LogP contribution in [-0.4, -0.2) is 26.2 Å². The van der Waals surface area contributed by atoms with Gasteiger partial charge in [-0.15, -0.1) is 24.2 Å². The van der Waals surface area contributed by atoms with Crippen LogP contribution in [-0.2, 0) is 12.4 Å². The van der Waals surface area contributed by atoms with Crippen LogP contribution < -0.4 is 0 Å². The van der Waals surface area contributed by atoms with E-state index < -0.39 is 0 Å². The number of aromatic hydroxyl groups is 1. The number of aryl methyl sites for hydroxylation is 1. The quantitative estimate of drug-likeness (QED) is 0.701. The number of aliphatic hydroxyl groups excluding tert-OH is 2. The summed E-state index contributed by atoms with van der Waals surface area (Å²) in [5, 5.41) is 27.3. The predicted molar refractivity (Wildman–Crippen MR) is 62.2 cm³/mol. The molecule has 4 nitrogen and oxygen atoms in total. The molecule has 0 amide bonds. The van der Waals surface area contributed by atoms with E-state index in [0.717, 1.165) is 5.56 Å². The van der Waals surface area contributed by atoms with Crippen molar-refractivity contribution < 1.29 is 15.3 Å². The van der Waals surface area contributed by atoms with Crippen molar-refractivity contribution in [1.29, 1.82) is 0 Å². The molecule has 1 heterocycles. The predicted octanol–water partition coefficient (Wildman–Crippen LogP) is 1.19. The minimum atomic E-state index is -0.212. The molecule has 0 aromatic carbocycles. The smallest absolute Gasteiger partial charge is 0.142 e. The van der Waals surface area contributed by atoms with Crippen LogP contribution in [0.5, 0.6) is 5.75 Å². The van der Waals surface area contributed by atoms with E-state index in [9.17, 15) is 5.11 Å². The van der Waals surface area contributed by atoms with E-state index in [1.807, 2.05) is 0 Å². The summed E-state index contributed by atoms with van der Waals surface area (Å²) in [5.41, 5.74) is 1.76. The van der Waals surface area contributed by atoms with Gasteiger partial charge in [0.1, 0.15) is 5.75 Å². The van der Waals surface area contributed by atoms with Gasteiger partial charge in [-0.25, -0.2) is 0 Å². The average Bonchev–Trinajstić information content (AvgIpc) is 2.20. The Kier molecular flexibility index (Phi) is 6.67. The normalized spacial score (nSPS) is 9.80. The van der Waals surface area contributed by atoms with Crippen molar-refractivity contribution in [3.63, 3.8) is 0 Å². The molecular formula is C9H14ClNO3S. The topological polar surface area (TPSA) is 73.6 Å². The molecule has 0 saturated heterocycles. The van der Waals surface area contributed by atoms with E-state index in [0.29, 0.717) is 17.0 Å². The molecule has 0 bridgehead atoms. The molecule has 3 N–H and O–H groups in total. The summed E-state index contributed by atoms with van der Waals surface area (Å²) in [6.45, 7) is 1.47. The summed E-state index contributed by atoms with van der Waals surface area (Å²) in [6.07, 6.45) is 1.61. The van der Waals surface area contributed by atoms with Crippen LogP contribution in [0.15, 0.2) is 6.20 Å². The number of aliphatic hydroxyl groups is 2. The maximum atomic E-state index is 9.58. The van der Waals surface area contributed by atoms with E-state index in [4.69, 9.17) is 10.2 Å². The van der Waals surface area contributed by atoms with Crippen LogP contribution in [0.25, 0.3) is 0 Å². The Labute approximate surface area is 98.8 Å². The lowest BCUT2D eigenvalue weighted by Crippen LogP contribution is -1.97. The van der Waals surface area contributed by atoms with Gasteiger partial charge in [-0.1, -0.05) is 0 Å². The summed E-state index contributed by atoms with van der Waals surface area (Å²) in [5.74, 6) is 0.593. The molecule has 0 spiro atoms. The Morgan fingerprint density at radius 3 is 2.60 bits per heavy atom. The zero-order valence-corrected chi connectivity index (χ0v) is 9.94. The van der Waals surface area contributed by atoms with Crippen LogP contribution in [0.4, 0.5) is 0 Å². The van der Waals surface area contributed by atoms with Crippen LogP contribution in [0.1, 0.15) is 16.8 Å². The van der Waals surface area contributed by atoms with Crippen molar-refractivity contribution in [2.24, 2.45) is 0 Å². The van der Waals surface area contributed by atoms with E-state index in [1.54, 1.807) is 13.1 Å². The van der Waals surface area contributed by atoms with Crippen LogP contribution in [0, 0.1) is 6.92 Å². The molecule has 6 heteroatoms. The third-order valence-electron chi connectivity index (χ3n) is 1.94. The molecular weight excluding hydrogens is 238 g/mol. The maximum Gasteiger partial charge on any atom is 0.142 e. The zero-order chi connectivity index (χ0) is 10.6. The molecule has 0 aliphatic rings. The number of aromatic nitrogens is 1. The fraction of sp³-hybridized carbons (Fsp3) is 0.444. The highest BCUT2D eigenvalue weighted by atomic mass is 35.5. The van der Waals surface area contributed by atoms with Crippen molar-refractivity contribution >= 4 is 24.2 Å². The molecule has 0 atom stereocenters. The molecule has 86 valence electrons. The largest absolute Gasteiger partial charge is 0.506 e. The highest BCUT2D eigenvalue weighted by Gasteiger charge is 2.10. The molecule has 0 unspecified atom stereocenters. The van der Waals surface area contributed by atoms with Crippen LogP contribution in [0.3, 0.4) is 0 Å². The number of pyridine rings is 1. The third-order valence-corrected chi connectivity index (χ3v) is 2.63. The number of rotatable bonds is 4. The van der Waals surface area contributed by atoms with Gasteiger partial charge < -0.3 is 15.3 Å². The number of hydrogen-bond donors (Lipinski definition) is 3. The standard InChI is InChI=1S/C9H13NO3S.ClH/c1-6-9(13)8(3-11)7(2-10-6)4-14-5-12;/h2,11-13H,3-5H2,1H3;1H. The van der Waals surface area contributed by atoms with Gasteiger partial charge in [0, 0.05) is 17.5 Å². The first-order valence-corrected chi connectivity index (χ1v) is 5.32. The summed E-state index contributed by atoms with van der Waals surface area (Å²) in [7, 11) is 0. The lowest BCUT2D eigenvalue weighted by Gasteiger charge is -2.09. The molecule has 0 saturated carbocycles. The second-order valence-corrected chi connectivity index (χ2v) is 3.79. The monoisotopic (exact) mass is 251 g/mol. The highest BCUT2D eigenvalue weighted by molar-refractivity contribution is 7.98. The number of nitrogens with zero attached hydrogens (tertiary/aromatic N) is 1. The Morgan fingerprint density at radius 2 is 2.07 bits per heavy atom. The number of halogens is 1. The second kappa shape index (κ2) is 6.90. The fourth-order valence-corrected chi connectivity index (χ4v) is 1.70. The van der Waals surface area contributed by atoms with E-state index in [-0.39, 0.29) is 30.7 Å². The van der Waals surface area contributed by atoms with Crippen molar-refractivity contribution in [2.75, 3.05) is 5.94 Å². The van der Waals surface area contributed by atoms with Crippen molar-refractivity contribution in [2.45, 2.75) is 19.3 Å². The van der Waals surface area contributed by atoms with Gasteiger partial charge in [0.15, 0.2) is 0 Å². The van der Waals surface area contributed by atoms with Crippen molar-refractivity contribution in [3.05, 3.63) is 23.0 Å². The minimum absolute atomic E-state index is 0. The minimum Gasteiger partial charge on any atom is -0.506 e. The van der Waals surface area contributed by atoms with Gasteiger partial charge >= 0.3 is 0 Å². The average molecular weight is 252 g/mol. The Balaban J connectivity index is 0.00000196. The lowest BCUT2D eigenvalue weighted by atomic mass is 10.1. The van der Waals surface area contributed by atoms with Crippen molar-refractivity contribution in [3.8, 4) is 5.75 Å². The zero-order valence-electron chi connectivity index (χ0n) is 8.30. The van der Waals surface area contributed by atoms with Crippen LogP contribution >= 0.6 is 24.2 Å². The second-order valence-electron chi connectivity index (χ2n) is 2.83. The fourth-order valence-electron chi connectivity index (χ4n) is 1.14. The first-order valence-electron chi connectivity index (χ1n) is 4.16. The molecule has 0 aliphatic heterocycles. The number of thioether (sulfide) groups is 1.